The van der Waals surface area contributed by atoms with Gasteiger partial charge in [0.25, 0.3) is 0 Å². The van der Waals surface area contributed by atoms with Crippen molar-refractivity contribution in [3.05, 3.63) is 108 Å². The van der Waals surface area contributed by atoms with E-state index in [4.69, 9.17) is 19.7 Å². The first-order valence-corrected chi connectivity index (χ1v) is 14.3. The minimum atomic E-state index is -1.39. The maximum absolute atomic E-state index is 13.9. The zero-order valence-electron chi connectivity index (χ0n) is 26.0. The molecule has 8 bridgehead atoms. The molecule has 1 unspecified atom stereocenters. The second-order valence-electron chi connectivity index (χ2n) is 11.1. The van der Waals surface area contributed by atoms with Gasteiger partial charge in [0.05, 0.1) is 53.2 Å². The molecule has 0 saturated carbocycles. The van der Waals surface area contributed by atoms with Crippen LogP contribution >= 0.6 is 0 Å². The average Bonchev–Trinajstić information content (AvgIpc) is 3.72. The molecule has 0 fully saturated rings. The molecule has 0 aromatic carbocycles. The number of hydrogen-bond donors (Lipinski definition) is 1. The first-order chi connectivity index (χ1) is 21.0. The van der Waals surface area contributed by atoms with E-state index in [-0.39, 0.29) is 34.3 Å². The van der Waals surface area contributed by atoms with Crippen LogP contribution in [0.15, 0.2) is 102 Å². The SMILES string of the molecule is C=Cc1c(C)c2[nH]c1=CC1=NC(=CC3=C(C)C4=C([O-])C(C(=O)OC)C(=C5N=C(C=2)C(C)=C5/C=C/C(=O)[O-])C4=N3)C(CC)=C1C.[Mg+2]. The largest absolute Gasteiger partial charge is 2.00 e. The molecule has 6 rings (SSSR count). The Kier molecular flexibility index (Phi) is 8.32. The van der Waals surface area contributed by atoms with Gasteiger partial charge in [-0.2, -0.15) is 0 Å². The van der Waals surface area contributed by atoms with Crippen molar-refractivity contribution in [2.45, 2.75) is 41.0 Å². The van der Waals surface area contributed by atoms with Crippen LogP contribution in [0.3, 0.4) is 0 Å². The molecule has 4 aliphatic heterocycles. The Morgan fingerprint density at radius 1 is 1.02 bits per heavy atom. The fourth-order valence-corrected chi connectivity index (χ4v) is 6.40. The normalized spacial score (nSPS) is 20.3. The number of carboxylic acids is 1. The second-order valence-corrected chi connectivity index (χ2v) is 11.1. The number of allylic oxidation sites excluding steroid dienone is 7. The van der Waals surface area contributed by atoms with Crippen molar-refractivity contribution in [3.8, 4) is 0 Å². The van der Waals surface area contributed by atoms with Crippen LogP contribution in [-0.4, -0.2) is 64.2 Å². The van der Waals surface area contributed by atoms with E-state index in [2.05, 4.69) is 18.5 Å². The van der Waals surface area contributed by atoms with Crippen LogP contribution < -0.4 is 20.9 Å². The van der Waals surface area contributed by atoms with E-state index < -0.39 is 23.6 Å². The molecule has 1 N–H and O–H groups in total. The third kappa shape index (κ3) is 4.88. The van der Waals surface area contributed by atoms with Crippen molar-refractivity contribution in [2.75, 3.05) is 7.11 Å². The van der Waals surface area contributed by atoms with E-state index in [0.29, 0.717) is 39.4 Å². The zero-order valence-corrected chi connectivity index (χ0v) is 27.5. The monoisotopic (exact) mass is 610 g/mol. The van der Waals surface area contributed by atoms with E-state index in [1.807, 2.05) is 39.0 Å². The molecule has 1 aromatic heterocycles. The summed E-state index contributed by atoms with van der Waals surface area (Å²) in [5, 5.41) is 27.0. The molecule has 10 heteroatoms. The van der Waals surface area contributed by atoms with Gasteiger partial charge in [-0.05, 0) is 91.8 Å². The summed E-state index contributed by atoms with van der Waals surface area (Å²) in [6, 6.07) is 0. The summed E-state index contributed by atoms with van der Waals surface area (Å²) >= 11 is 0. The summed E-state index contributed by atoms with van der Waals surface area (Å²) < 4.78 is 5.07. The summed E-state index contributed by atoms with van der Waals surface area (Å²) in [7, 11) is 1.22. The van der Waals surface area contributed by atoms with Crippen molar-refractivity contribution in [2.24, 2.45) is 20.9 Å². The first-order valence-electron chi connectivity index (χ1n) is 14.3. The van der Waals surface area contributed by atoms with Gasteiger partial charge >= 0.3 is 29.0 Å². The number of ether oxygens (including phenoxy) is 1. The molecule has 5 aliphatic rings. The van der Waals surface area contributed by atoms with Crippen LogP contribution in [0, 0.1) is 12.8 Å². The molecule has 9 nitrogen and oxygen atoms in total. The first kappa shape index (κ1) is 31.9. The fraction of sp³-hybridized carbons (Fsp3) is 0.229. The van der Waals surface area contributed by atoms with Gasteiger partial charge in [0.2, 0.25) is 0 Å². The molecular weight excluding hydrogens is 581 g/mol. The van der Waals surface area contributed by atoms with Gasteiger partial charge in [0.15, 0.2) is 0 Å². The van der Waals surface area contributed by atoms with Crippen LogP contribution in [0.2, 0.25) is 0 Å². The van der Waals surface area contributed by atoms with Crippen LogP contribution in [0.25, 0.3) is 18.2 Å². The van der Waals surface area contributed by atoms with Crippen LogP contribution in [0.5, 0.6) is 0 Å². The predicted molar refractivity (Wildman–Crippen MR) is 172 cm³/mol. The fourth-order valence-electron chi connectivity index (χ4n) is 6.40. The number of esters is 1. The number of aliphatic carboxylic acids is 1. The summed E-state index contributed by atoms with van der Waals surface area (Å²) in [5.41, 5.74) is 9.51. The van der Waals surface area contributed by atoms with Gasteiger partial charge in [-0.3, -0.25) is 4.79 Å². The molecule has 0 amide bonds. The van der Waals surface area contributed by atoms with Crippen LogP contribution in [-0.2, 0) is 14.3 Å². The zero-order chi connectivity index (χ0) is 31.6. The van der Waals surface area contributed by atoms with Gasteiger partial charge in [-0.25, -0.2) is 15.0 Å². The van der Waals surface area contributed by atoms with Crippen LogP contribution in [0.4, 0.5) is 0 Å². The van der Waals surface area contributed by atoms with Gasteiger partial charge in [-0.15, -0.1) is 5.76 Å². The third-order valence-electron chi connectivity index (χ3n) is 8.78. The molecule has 222 valence electrons. The topological polar surface area (TPSA) is 142 Å². The Morgan fingerprint density at radius 3 is 2.36 bits per heavy atom. The number of aromatic nitrogens is 1. The van der Waals surface area contributed by atoms with Gasteiger partial charge in [0, 0.05) is 27.4 Å². The number of nitrogens with one attached hydrogen (secondary N) is 1. The van der Waals surface area contributed by atoms with E-state index >= 15 is 0 Å². The predicted octanol–water partition coefficient (Wildman–Crippen LogP) is 1.70. The number of H-pyrrole nitrogens is 1. The molecule has 1 aliphatic carbocycles. The number of nitrogens with zero attached hydrogens (tertiary/aromatic N) is 3. The Morgan fingerprint density at radius 2 is 1.71 bits per heavy atom. The molecule has 5 heterocycles. The minimum absolute atomic E-state index is 0. The standard InChI is InChI=1S/C35H32N4O5.Mg/c1-8-19-15(3)22-12-24-17(5)21(10-11-28(40)41)32(38-24)30-31(35(43)44-7)34(42)29-18(6)25(39-33(29)30)14-27-20(9-2)16(4)23(37-27)13-26(19)36-22;/h8,10-14,31,36,42H,1,9H2,2-7H3,(H,40,41);/q;+2/p-2/b11-10+,22-12?,26-13?,27-14?,32-30?;. The van der Waals surface area contributed by atoms with Crippen molar-refractivity contribution in [1.82, 2.24) is 4.98 Å². The van der Waals surface area contributed by atoms with Gasteiger partial charge < -0.3 is 24.7 Å². The van der Waals surface area contributed by atoms with Crippen molar-refractivity contribution in [1.29, 1.82) is 0 Å². The van der Waals surface area contributed by atoms with E-state index in [9.17, 15) is 19.8 Å². The number of fused-ring (bicyclic) bond motifs is 5. The number of carboxylic acid groups (broad SMARTS) is 1. The number of hydrogen-bond acceptors (Lipinski definition) is 8. The van der Waals surface area contributed by atoms with E-state index in [1.165, 1.54) is 13.2 Å². The Balaban J connectivity index is 0.00000400. The van der Waals surface area contributed by atoms with E-state index in [0.717, 1.165) is 56.9 Å². The minimum Gasteiger partial charge on any atom is -0.874 e. The number of methoxy groups -OCH3 is 1. The van der Waals surface area contributed by atoms with Gasteiger partial charge in [0.1, 0.15) is 0 Å². The summed E-state index contributed by atoms with van der Waals surface area (Å²) in [5.74, 6) is -3.88. The third-order valence-corrected chi connectivity index (χ3v) is 8.78. The Bertz CT molecular complexity index is 2090. The molecule has 0 radical (unpaired) electrons. The smallest absolute Gasteiger partial charge is 0.874 e. The van der Waals surface area contributed by atoms with Crippen LogP contribution in [0.1, 0.15) is 45.2 Å². The number of aliphatic imine (C=N–C) groups is 3. The summed E-state index contributed by atoms with van der Waals surface area (Å²) in [4.78, 5) is 42.9. The Labute approximate surface area is 276 Å². The maximum Gasteiger partial charge on any atom is 2.00 e. The number of carbonyl (C=O) groups excluding carboxylic acids is 2. The molecule has 0 spiro atoms. The number of carbonyl (C=O) groups is 2. The average molecular weight is 611 g/mol. The molecular formula is C35H30MgN4O5. The van der Waals surface area contributed by atoms with Crippen molar-refractivity contribution < 1.29 is 24.5 Å². The summed E-state index contributed by atoms with van der Waals surface area (Å²) in [6.45, 7) is 13.7. The summed E-state index contributed by atoms with van der Waals surface area (Å²) in [6.07, 6.45) is 10.6. The number of rotatable bonds is 5. The van der Waals surface area contributed by atoms with E-state index in [1.54, 1.807) is 13.0 Å². The quantitative estimate of drug-likeness (QED) is 0.307. The number of aromatic amines is 1. The molecule has 1 atom stereocenters. The van der Waals surface area contributed by atoms with Crippen molar-refractivity contribution in [3.63, 3.8) is 0 Å². The maximum atomic E-state index is 13.9. The second kappa shape index (κ2) is 11.8. The van der Waals surface area contributed by atoms with Crippen molar-refractivity contribution >= 4 is 70.4 Å². The molecule has 1 aromatic rings. The molecule has 0 saturated heterocycles. The Hall–Kier alpha value is -4.54. The van der Waals surface area contributed by atoms with Gasteiger partial charge in [-0.1, -0.05) is 25.7 Å². The molecule has 45 heavy (non-hydrogen) atoms.